The van der Waals surface area contributed by atoms with E-state index in [1.165, 1.54) is 0 Å². The van der Waals surface area contributed by atoms with Crippen molar-refractivity contribution in [3.8, 4) is 5.75 Å². The first-order valence-electron chi connectivity index (χ1n) is 5.52. The minimum absolute atomic E-state index is 0.181. The number of aliphatic hydroxyl groups excluding tert-OH is 1. The molecule has 1 aliphatic rings. The molecule has 2 rings (SSSR count). The molecule has 0 radical (unpaired) electrons. The number of nitrogens with zero attached hydrogens (tertiary/aromatic N) is 1. The fraction of sp³-hybridized carbons (Fsp3) is 0.500. The van der Waals surface area contributed by atoms with E-state index in [1.807, 2.05) is 18.2 Å². The van der Waals surface area contributed by atoms with Gasteiger partial charge in [0, 0.05) is 13.1 Å². The van der Waals surface area contributed by atoms with Gasteiger partial charge < -0.3 is 9.84 Å². The Labute approximate surface area is 101 Å². The van der Waals surface area contributed by atoms with Gasteiger partial charge in [-0.1, -0.05) is 30.7 Å². The monoisotopic (exact) mass is 241 g/mol. The van der Waals surface area contributed by atoms with Gasteiger partial charge in [-0.15, -0.1) is 0 Å². The molecule has 0 unspecified atom stereocenters. The van der Waals surface area contributed by atoms with Crippen LogP contribution in [-0.2, 0) is 0 Å². The van der Waals surface area contributed by atoms with Crippen molar-refractivity contribution in [1.29, 1.82) is 0 Å². The van der Waals surface area contributed by atoms with Crippen molar-refractivity contribution in [1.82, 2.24) is 4.90 Å². The number of hydrogen-bond acceptors (Lipinski definition) is 3. The number of rotatable bonds is 3. The van der Waals surface area contributed by atoms with Crippen LogP contribution >= 0.6 is 11.6 Å². The Kier molecular flexibility index (Phi) is 3.69. The van der Waals surface area contributed by atoms with Crippen LogP contribution in [0.5, 0.6) is 5.75 Å². The summed E-state index contributed by atoms with van der Waals surface area (Å²) < 4.78 is 5.73. The number of ether oxygens (including phenoxy) is 1. The molecule has 0 aliphatic carbocycles. The quantitative estimate of drug-likeness (QED) is 0.876. The summed E-state index contributed by atoms with van der Waals surface area (Å²) in [5.41, 5.74) is 0. The van der Waals surface area contributed by atoms with Crippen molar-refractivity contribution in [3.05, 3.63) is 29.3 Å². The van der Waals surface area contributed by atoms with Crippen LogP contribution in [-0.4, -0.2) is 41.8 Å². The van der Waals surface area contributed by atoms with E-state index in [2.05, 4.69) is 11.8 Å². The molecule has 4 heteroatoms. The average molecular weight is 242 g/mol. The topological polar surface area (TPSA) is 32.7 Å². The number of hydrogen-bond donors (Lipinski definition) is 1. The van der Waals surface area contributed by atoms with E-state index in [4.69, 9.17) is 16.3 Å². The molecule has 88 valence electrons. The number of β-amino-alcohol motifs (C(OH)–C–C–N with tert-alkyl or cyclic N) is 1. The fourth-order valence-corrected chi connectivity index (χ4v) is 2.09. The fourth-order valence-electron chi connectivity index (χ4n) is 1.91. The third kappa shape index (κ3) is 2.48. The summed E-state index contributed by atoms with van der Waals surface area (Å²) in [4.78, 5) is 2.16. The Bertz CT molecular complexity index is 359. The molecule has 0 saturated carbocycles. The van der Waals surface area contributed by atoms with Crippen molar-refractivity contribution < 1.29 is 9.84 Å². The predicted octanol–water partition coefficient (Wildman–Crippen LogP) is 1.78. The zero-order chi connectivity index (χ0) is 11.5. The summed E-state index contributed by atoms with van der Waals surface area (Å²) in [5, 5.41) is 10.4. The largest absolute Gasteiger partial charge is 0.485 e. The average Bonchev–Trinajstić information content (AvgIpc) is 2.63. The Morgan fingerprint density at radius 3 is 2.81 bits per heavy atom. The maximum Gasteiger partial charge on any atom is 0.138 e. The van der Waals surface area contributed by atoms with Gasteiger partial charge in [-0.05, 0) is 18.7 Å². The smallest absolute Gasteiger partial charge is 0.138 e. The van der Waals surface area contributed by atoms with E-state index in [9.17, 15) is 5.11 Å². The Hall–Kier alpha value is -0.770. The predicted molar refractivity (Wildman–Crippen MR) is 64.0 cm³/mol. The van der Waals surface area contributed by atoms with Crippen LogP contribution in [0.2, 0.25) is 5.02 Å². The van der Waals surface area contributed by atoms with Gasteiger partial charge in [0.05, 0.1) is 5.02 Å². The molecule has 1 N–H and O–H groups in total. The van der Waals surface area contributed by atoms with Gasteiger partial charge >= 0.3 is 0 Å². The van der Waals surface area contributed by atoms with Crippen LogP contribution in [0.3, 0.4) is 0 Å². The maximum absolute atomic E-state index is 9.83. The molecular formula is C12H16ClNO2. The van der Waals surface area contributed by atoms with Crippen LogP contribution in [0.15, 0.2) is 24.3 Å². The van der Waals surface area contributed by atoms with Crippen LogP contribution in [0, 0.1) is 0 Å². The second kappa shape index (κ2) is 5.04. The molecule has 2 atom stereocenters. The number of benzene rings is 1. The lowest BCUT2D eigenvalue weighted by Gasteiger charge is -2.17. The molecule has 1 aromatic rings. The summed E-state index contributed by atoms with van der Waals surface area (Å²) in [6, 6.07) is 7.35. The van der Waals surface area contributed by atoms with Crippen molar-refractivity contribution in [3.63, 3.8) is 0 Å². The highest BCUT2D eigenvalue weighted by Crippen LogP contribution is 2.26. The molecule has 1 saturated heterocycles. The first kappa shape index (κ1) is 11.7. The van der Waals surface area contributed by atoms with E-state index in [1.54, 1.807) is 6.07 Å². The van der Waals surface area contributed by atoms with E-state index < -0.39 is 6.10 Å². The molecule has 3 nitrogen and oxygen atoms in total. The highest BCUT2D eigenvalue weighted by atomic mass is 35.5. The van der Waals surface area contributed by atoms with Crippen LogP contribution in [0.1, 0.15) is 6.92 Å². The first-order chi connectivity index (χ1) is 7.70. The first-order valence-corrected chi connectivity index (χ1v) is 5.90. The summed E-state index contributed by atoms with van der Waals surface area (Å²) in [6.07, 6.45) is -0.615. The van der Waals surface area contributed by atoms with E-state index in [0.29, 0.717) is 17.3 Å². The zero-order valence-electron chi connectivity index (χ0n) is 9.27. The molecular weight excluding hydrogens is 226 g/mol. The third-order valence-corrected chi connectivity index (χ3v) is 3.19. The molecule has 0 spiro atoms. The van der Waals surface area contributed by atoms with Gasteiger partial charge in [0.15, 0.2) is 0 Å². The highest BCUT2D eigenvalue weighted by molar-refractivity contribution is 6.32. The Morgan fingerprint density at radius 2 is 2.19 bits per heavy atom. The summed E-state index contributed by atoms with van der Waals surface area (Å²) in [6.45, 7) is 4.43. The van der Waals surface area contributed by atoms with Gasteiger partial charge in [0.25, 0.3) is 0 Å². The molecule has 1 heterocycles. The molecule has 0 amide bonds. The standard InChI is InChI=1S/C12H16ClNO2/c1-2-14-7-10(15)12(8-14)16-11-6-4-3-5-9(11)13/h3-6,10,12,15H,2,7-8H2,1H3/t10-,12-/m0/s1. The van der Waals surface area contributed by atoms with Crippen molar-refractivity contribution in [2.45, 2.75) is 19.1 Å². The summed E-state index contributed by atoms with van der Waals surface area (Å²) >= 11 is 6.00. The molecule has 1 fully saturated rings. The van der Waals surface area contributed by atoms with Gasteiger partial charge in [0.2, 0.25) is 0 Å². The van der Waals surface area contributed by atoms with Gasteiger partial charge in [0.1, 0.15) is 18.0 Å². The maximum atomic E-state index is 9.83. The number of para-hydroxylation sites is 1. The van der Waals surface area contributed by atoms with E-state index in [-0.39, 0.29) is 6.10 Å². The minimum atomic E-state index is -0.434. The SMILES string of the molecule is CCN1C[C@H](Oc2ccccc2Cl)[C@@H](O)C1. The van der Waals surface area contributed by atoms with E-state index >= 15 is 0 Å². The summed E-state index contributed by atoms with van der Waals surface area (Å²) in [7, 11) is 0. The van der Waals surface area contributed by atoms with Gasteiger partial charge in [-0.2, -0.15) is 0 Å². The molecule has 1 aliphatic heterocycles. The molecule has 0 bridgehead atoms. The molecule has 0 aromatic heterocycles. The van der Waals surface area contributed by atoms with Crippen LogP contribution in [0.25, 0.3) is 0 Å². The number of halogens is 1. The number of likely N-dealkylation sites (tertiary alicyclic amines) is 1. The van der Waals surface area contributed by atoms with Crippen molar-refractivity contribution >= 4 is 11.6 Å². The second-order valence-electron chi connectivity index (χ2n) is 4.01. The lowest BCUT2D eigenvalue weighted by Crippen LogP contribution is -2.30. The van der Waals surface area contributed by atoms with Crippen molar-refractivity contribution in [2.24, 2.45) is 0 Å². The number of aliphatic hydroxyl groups is 1. The lowest BCUT2D eigenvalue weighted by molar-refractivity contribution is 0.0737. The Balaban J connectivity index is 2.03. The van der Waals surface area contributed by atoms with Crippen LogP contribution < -0.4 is 4.74 Å². The Morgan fingerprint density at radius 1 is 1.44 bits per heavy atom. The highest BCUT2D eigenvalue weighted by Gasteiger charge is 2.32. The van der Waals surface area contributed by atoms with Crippen LogP contribution in [0.4, 0.5) is 0 Å². The molecule has 16 heavy (non-hydrogen) atoms. The summed E-state index contributed by atoms with van der Waals surface area (Å²) in [5.74, 6) is 0.645. The van der Waals surface area contributed by atoms with E-state index in [0.717, 1.165) is 13.1 Å². The number of likely N-dealkylation sites (N-methyl/N-ethyl adjacent to an activating group) is 1. The molecule has 1 aromatic carbocycles. The van der Waals surface area contributed by atoms with Gasteiger partial charge in [-0.3, -0.25) is 4.90 Å². The lowest BCUT2D eigenvalue weighted by atomic mass is 10.2. The second-order valence-corrected chi connectivity index (χ2v) is 4.41. The normalized spacial score (nSPS) is 25.9. The minimum Gasteiger partial charge on any atom is -0.485 e. The van der Waals surface area contributed by atoms with Gasteiger partial charge in [-0.25, -0.2) is 0 Å². The third-order valence-electron chi connectivity index (χ3n) is 2.87. The van der Waals surface area contributed by atoms with Crippen molar-refractivity contribution in [2.75, 3.05) is 19.6 Å². The zero-order valence-corrected chi connectivity index (χ0v) is 10.0.